The second-order valence-electron chi connectivity index (χ2n) is 3.71. The van der Waals surface area contributed by atoms with Gasteiger partial charge in [0.05, 0.1) is 5.69 Å². The van der Waals surface area contributed by atoms with Gasteiger partial charge >= 0.3 is 0 Å². The van der Waals surface area contributed by atoms with Gasteiger partial charge in [0.2, 0.25) is 5.91 Å². The molecule has 0 radical (unpaired) electrons. The monoisotopic (exact) mass is 210 g/mol. The third kappa shape index (κ3) is 3.27. The Hall–Kier alpha value is -1.52. The first-order valence-corrected chi connectivity index (χ1v) is 5.10. The van der Waals surface area contributed by atoms with Crippen molar-refractivity contribution >= 4 is 11.7 Å². The highest BCUT2D eigenvalue weighted by Gasteiger charge is 2.09. The van der Waals surface area contributed by atoms with Crippen molar-refractivity contribution < 1.29 is 4.79 Å². The average molecular weight is 210 g/mol. The minimum Gasteiger partial charge on any atom is -0.370 e. The molecule has 1 aromatic heterocycles. The van der Waals surface area contributed by atoms with Crippen molar-refractivity contribution in [2.45, 2.75) is 32.7 Å². The molecule has 0 spiro atoms. The van der Waals surface area contributed by atoms with E-state index in [1.165, 1.54) is 0 Å². The number of nitrogens with zero attached hydrogens (tertiary/aromatic N) is 2. The first-order valence-electron chi connectivity index (χ1n) is 5.10. The number of nitrogens with one attached hydrogen (secondary N) is 1. The number of aryl methyl sites for hydroxylation is 2. The van der Waals surface area contributed by atoms with Crippen molar-refractivity contribution in [3.05, 3.63) is 11.8 Å². The summed E-state index contributed by atoms with van der Waals surface area (Å²) in [5.74, 6) is 0.619. The second-order valence-corrected chi connectivity index (χ2v) is 3.71. The number of hydrogen-bond acceptors (Lipinski definition) is 3. The van der Waals surface area contributed by atoms with E-state index in [0.717, 1.165) is 17.9 Å². The highest BCUT2D eigenvalue weighted by Crippen LogP contribution is 2.11. The largest absolute Gasteiger partial charge is 0.370 e. The number of primary amides is 1. The molecule has 0 bridgehead atoms. The Morgan fingerprint density at radius 3 is 2.87 bits per heavy atom. The lowest BCUT2D eigenvalue weighted by molar-refractivity contribution is -0.118. The lowest BCUT2D eigenvalue weighted by Gasteiger charge is -2.12. The normalized spacial score (nSPS) is 12.5. The number of anilines is 1. The van der Waals surface area contributed by atoms with Crippen LogP contribution in [0.25, 0.3) is 0 Å². The molecule has 15 heavy (non-hydrogen) atoms. The van der Waals surface area contributed by atoms with E-state index in [2.05, 4.69) is 17.3 Å². The lowest BCUT2D eigenvalue weighted by Crippen LogP contribution is -2.24. The predicted octanol–water partition coefficient (Wildman–Crippen LogP) is 0.658. The Bertz CT molecular complexity index is 345. The number of amides is 1. The number of rotatable bonds is 5. The predicted molar refractivity (Wildman–Crippen MR) is 59.5 cm³/mol. The molecule has 0 saturated heterocycles. The van der Waals surface area contributed by atoms with Gasteiger partial charge in [-0.2, -0.15) is 5.10 Å². The van der Waals surface area contributed by atoms with E-state index in [-0.39, 0.29) is 11.9 Å². The summed E-state index contributed by atoms with van der Waals surface area (Å²) >= 11 is 0. The van der Waals surface area contributed by atoms with Crippen LogP contribution >= 0.6 is 0 Å². The molecule has 0 aliphatic carbocycles. The molecular formula is C10H18N4O. The van der Waals surface area contributed by atoms with Gasteiger partial charge < -0.3 is 11.1 Å². The number of nitrogens with two attached hydrogens (primary N) is 1. The maximum atomic E-state index is 10.7. The van der Waals surface area contributed by atoms with E-state index < -0.39 is 0 Å². The molecular weight excluding hydrogens is 192 g/mol. The topological polar surface area (TPSA) is 72.9 Å². The van der Waals surface area contributed by atoms with E-state index >= 15 is 0 Å². The second kappa shape index (κ2) is 4.82. The summed E-state index contributed by atoms with van der Waals surface area (Å²) in [5.41, 5.74) is 6.15. The zero-order chi connectivity index (χ0) is 11.4. The summed E-state index contributed by atoms with van der Waals surface area (Å²) in [6.07, 6.45) is 1.23. The van der Waals surface area contributed by atoms with Gasteiger partial charge in [-0.05, 0) is 13.3 Å². The molecule has 1 aromatic rings. The number of hydrogen-bond donors (Lipinski definition) is 2. The minimum absolute atomic E-state index is 0.0302. The zero-order valence-corrected chi connectivity index (χ0v) is 9.45. The summed E-state index contributed by atoms with van der Waals surface area (Å²) in [6.45, 7) is 3.97. The van der Waals surface area contributed by atoms with Crippen LogP contribution < -0.4 is 11.1 Å². The van der Waals surface area contributed by atoms with E-state index in [9.17, 15) is 4.79 Å². The van der Waals surface area contributed by atoms with E-state index in [1.807, 2.05) is 20.0 Å². The van der Waals surface area contributed by atoms with Crippen LogP contribution in [-0.4, -0.2) is 21.7 Å². The standard InChI is InChI=1S/C10H18N4O/c1-4-8-6-10(14(3)13-8)12-7(2)5-9(11)15/h6-7,12H,4-5H2,1-3H3,(H2,11,15). The third-order valence-corrected chi connectivity index (χ3v) is 2.19. The van der Waals surface area contributed by atoms with Crippen molar-refractivity contribution in [1.82, 2.24) is 9.78 Å². The van der Waals surface area contributed by atoms with Gasteiger partial charge in [0, 0.05) is 25.6 Å². The first-order chi connectivity index (χ1) is 7.02. The fourth-order valence-corrected chi connectivity index (χ4v) is 1.44. The van der Waals surface area contributed by atoms with Gasteiger partial charge in [-0.15, -0.1) is 0 Å². The molecule has 3 N–H and O–H groups in total. The Labute approximate surface area is 89.6 Å². The molecule has 5 heteroatoms. The van der Waals surface area contributed by atoms with Gasteiger partial charge in [-0.25, -0.2) is 0 Å². The summed E-state index contributed by atoms with van der Waals surface area (Å²) < 4.78 is 1.77. The number of aromatic nitrogens is 2. The van der Waals surface area contributed by atoms with Gasteiger partial charge in [0.15, 0.2) is 0 Å². The molecule has 0 aliphatic heterocycles. The van der Waals surface area contributed by atoms with Gasteiger partial charge in [-0.1, -0.05) is 6.92 Å². The smallest absolute Gasteiger partial charge is 0.219 e. The maximum Gasteiger partial charge on any atom is 0.219 e. The van der Waals surface area contributed by atoms with Crippen LogP contribution in [0.2, 0.25) is 0 Å². The van der Waals surface area contributed by atoms with Gasteiger partial charge in [0.1, 0.15) is 5.82 Å². The van der Waals surface area contributed by atoms with Crippen molar-refractivity contribution in [3.63, 3.8) is 0 Å². The van der Waals surface area contributed by atoms with E-state index in [4.69, 9.17) is 5.73 Å². The average Bonchev–Trinajstić information content (AvgIpc) is 2.46. The molecule has 1 unspecified atom stereocenters. The van der Waals surface area contributed by atoms with Crippen LogP contribution in [0, 0.1) is 0 Å². The fourth-order valence-electron chi connectivity index (χ4n) is 1.44. The summed E-state index contributed by atoms with van der Waals surface area (Å²) in [4.78, 5) is 10.7. The SMILES string of the molecule is CCc1cc(NC(C)CC(N)=O)n(C)n1. The van der Waals surface area contributed by atoms with Crippen molar-refractivity contribution in [3.8, 4) is 0 Å². The van der Waals surface area contributed by atoms with Crippen molar-refractivity contribution in [2.24, 2.45) is 12.8 Å². The molecule has 1 heterocycles. The fraction of sp³-hybridized carbons (Fsp3) is 0.600. The van der Waals surface area contributed by atoms with Gasteiger partial charge in [-0.3, -0.25) is 9.48 Å². The Morgan fingerprint density at radius 1 is 1.73 bits per heavy atom. The van der Waals surface area contributed by atoms with Crippen LogP contribution in [-0.2, 0) is 18.3 Å². The summed E-state index contributed by atoms with van der Waals surface area (Å²) in [5, 5.41) is 7.50. The molecule has 0 aromatic carbocycles. The molecule has 1 amide bonds. The molecule has 0 aliphatic rings. The van der Waals surface area contributed by atoms with Crippen LogP contribution in [0.15, 0.2) is 6.07 Å². The summed E-state index contributed by atoms with van der Waals surface area (Å²) in [6, 6.07) is 2.01. The Balaban J connectivity index is 2.63. The quantitative estimate of drug-likeness (QED) is 0.749. The van der Waals surface area contributed by atoms with Crippen molar-refractivity contribution in [1.29, 1.82) is 0 Å². The third-order valence-electron chi connectivity index (χ3n) is 2.19. The van der Waals surface area contributed by atoms with Crippen LogP contribution in [0.5, 0.6) is 0 Å². The number of carbonyl (C=O) groups is 1. The van der Waals surface area contributed by atoms with Crippen LogP contribution in [0.3, 0.4) is 0 Å². The van der Waals surface area contributed by atoms with Crippen LogP contribution in [0.4, 0.5) is 5.82 Å². The maximum absolute atomic E-state index is 10.7. The highest BCUT2D eigenvalue weighted by atomic mass is 16.1. The molecule has 0 saturated carbocycles. The zero-order valence-electron chi connectivity index (χ0n) is 9.45. The van der Waals surface area contributed by atoms with E-state index in [1.54, 1.807) is 4.68 Å². The summed E-state index contributed by atoms with van der Waals surface area (Å²) in [7, 11) is 1.87. The van der Waals surface area contributed by atoms with E-state index in [0.29, 0.717) is 6.42 Å². The molecule has 1 rings (SSSR count). The highest BCUT2D eigenvalue weighted by molar-refractivity contribution is 5.74. The lowest BCUT2D eigenvalue weighted by atomic mass is 10.2. The van der Waals surface area contributed by atoms with Crippen molar-refractivity contribution in [2.75, 3.05) is 5.32 Å². The minimum atomic E-state index is -0.298. The van der Waals surface area contributed by atoms with Gasteiger partial charge in [0.25, 0.3) is 0 Å². The number of carbonyl (C=O) groups excluding carboxylic acids is 1. The Morgan fingerprint density at radius 2 is 2.40 bits per heavy atom. The molecule has 84 valence electrons. The first kappa shape index (κ1) is 11.6. The molecule has 1 atom stereocenters. The molecule has 5 nitrogen and oxygen atoms in total. The molecule has 0 fully saturated rings. The van der Waals surface area contributed by atoms with Crippen LogP contribution in [0.1, 0.15) is 26.0 Å². The Kier molecular flexibility index (Phi) is 3.71.